The molecule has 1 aliphatic rings. The van der Waals surface area contributed by atoms with Crippen molar-refractivity contribution in [2.45, 2.75) is 149 Å². The quantitative estimate of drug-likeness (QED) is 0.0375. The first-order chi connectivity index (χ1) is 64.2. The maximum absolute atomic E-state index is 14.5. The molecule has 0 aliphatic carbocycles. The average molecular weight is 1950 g/mol. The van der Waals surface area contributed by atoms with Crippen LogP contribution >= 0.6 is 0 Å². The van der Waals surface area contributed by atoms with Crippen molar-refractivity contribution in [3.63, 3.8) is 0 Å². The first-order valence-electron chi connectivity index (χ1n) is 47.0. The SMILES string of the molecule is CCCCCCCCCCCCCCCC(=O)NCCC(=O)N(C)CC(=O)N(C)CC(=O)N(C)CC(=O)N(C)CC(=O)N(C)CC(=O)C[C@@H](CCCCNC(=O)CN1CCN(CC(=O)O)CCN(CC(=O)O)CCN(CC(=O)O)CC1)C(=O)N(C)CC(=O)N(C)CC(=O)N(C)CC(=O)N(C)CC(=O)N(C)CC(=O)N(C)CC(=O)N(C)CC(=O)N(C)CC(=O)N(C)CC(=O)N(C)CC(=O)CC(C)C. The molecule has 0 bridgehead atoms. The third kappa shape index (κ3) is 54.4. The number of ketones is 2. The highest BCUT2D eigenvalue weighted by Crippen LogP contribution is 2.19. The molecule has 137 heavy (non-hydrogen) atoms. The number of aliphatic carboxylic acids is 3. The van der Waals surface area contributed by atoms with Crippen molar-refractivity contribution in [2.75, 3.05) is 296 Å². The molecule has 0 saturated carbocycles. The molecule has 1 rings (SSSR count). The van der Waals surface area contributed by atoms with Crippen LogP contribution in [0.15, 0.2) is 0 Å². The summed E-state index contributed by atoms with van der Waals surface area (Å²) in [7, 11) is 19.8. The topological polar surface area (TPSA) is 522 Å². The van der Waals surface area contributed by atoms with E-state index >= 15 is 0 Å². The molecule has 46 heteroatoms. The number of amides is 17. The van der Waals surface area contributed by atoms with Gasteiger partial charge in [-0.05, 0) is 25.2 Å². The van der Waals surface area contributed by atoms with Gasteiger partial charge < -0.3 is 99.5 Å². The van der Waals surface area contributed by atoms with Crippen LogP contribution in [0.2, 0.25) is 0 Å². The number of nitrogens with one attached hydrogen (secondary N) is 2. The molecule has 0 unspecified atom stereocenters. The van der Waals surface area contributed by atoms with Crippen LogP contribution < -0.4 is 10.6 Å². The maximum atomic E-state index is 14.5. The largest absolute Gasteiger partial charge is 0.480 e. The lowest BCUT2D eigenvalue weighted by Crippen LogP contribution is -2.49. The van der Waals surface area contributed by atoms with Crippen LogP contribution in [0.1, 0.15) is 149 Å². The Balaban J connectivity index is 3.11. The highest BCUT2D eigenvalue weighted by Gasteiger charge is 2.33. The molecule has 0 spiro atoms. The zero-order valence-electron chi connectivity index (χ0n) is 84.6. The zero-order valence-corrected chi connectivity index (χ0v) is 84.6. The summed E-state index contributed by atoms with van der Waals surface area (Å²) < 4.78 is 0. The fraction of sp³-hybridized carbons (Fsp3) is 0.758. The van der Waals surface area contributed by atoms with Gasteiger partial charge in [-0.25, -0.2) is 0 Å². The van der Waals surface area contributed by atoms with E-state index < -0.39 is 209 Å². The number of carboxylic acid groups (broad SMARTS) is 3. The smallest absolute Gasteiger partial charge is 0.317 e. The zero-order chi connectivity index (χ0) is 104. The molecule has 778 valence electrons. The predicted octanol–water partition coefficient (Wildman–Crippen LogP) is -3.20. The van der Waals surface area contributed by atoms with Crippen LogP contribution in [0.3, 0.4) is 0 Å². The van der Waals surface area contributed by atoms with Crippen molar-refractivity contribution in [3.8, 4) is 0 Å². The Hall–Kier alpha value is -11.4. The number of nitrogens with zero attached hydrogens (tertiary/aromatic N) is 19. The van der Waals surface area contributed by atoms with Gasteiger partial charge in [0.2, 0.25) is 100 Å². The number of unbranched alkanes of at least 4 members (excludes halogenated alkanes) is 13. The van der Waals surface area contributed by atoms with Gasteiger partial charge in [0.15, 0.2) is 11.6 Å². The number of carbonyl (C=O) groups is 22. The summed E-state index contributed by atoms with van der Waals surface area (Å²) in [5.74, 6) is -15.6. The normalized spacial score (nSPS) is 12.9. The van der Waals surface area contributed by atoms with Gasteiger partial charge >= 0.3 is 17.9 Å². The number of likely N-dealkylation sites (N-methyl/N-ethyl adjacent to an activating group) is 15. The lowest BCUT2D eigenvalue weighted by atomic mass is 9.94. The molecule has 0 aromatic carbocycles. The summed E-state index contributed by atoms with van der Waals surface area (Å²) in [5.41, 5.74) is 0. The number of carboxylic acids is 3. The van der Waals surface area contributed by atoms with E-state index in [0.717, 1.165) is 89.4 Å². The van der Waals surface area contributed by atoms with Gasteiger partial charge in [-0.15, -0.1) is 0 Å². The molecule has 0 aromatic rings. The second kappa shape index (κ2) is 66.9. The first-order valence-corrected chi connectivity index (χ1v) is 47.0. The van der Waals surface area contributed by atoms with Crippen molar-refractivity contribution < 1.29 is 121 Å². The summed E-state index contributed by atoms with van der Waals surface area (Å²) in [5, 5.41) is 34.5. The number of carbonyl (C=O) groups excluding carboxylic acids is 19. The molecule has 17 amide bonds. The van der Waals surface area contributed by atoms with E-state index in [9.17, 15) is 121 Å². The molecule has 1 atom stereocenters. The summed E-state index contributed by atoms with van der Waals surface area (Å²) in [6.45, 7) is -1.29. The number of hydrogen-bond acceptors (Lipinski definition) is 26. The Morgan fingerprint density at radius 1 is 0.248 bits per heavy atom. The van der Waals surface area contributed by atoms with E-state index in [1.165, 1.54) is 173 Å². The van der Waals surface area contributed by atoms with Crippen molar-refractivity contribution in [1.29, 1.82) is 0 Å². The Labute approximate surface area is 807 Å². The van der Waals surface area contributed by atoms with E-state index in [1.807, 2.05) is 13.8 Å². The minimum atomic E-state index is -1.15. The second-order valence-corrected chi connectivity index (χ2v) is 36.5. The number of Topliss-reactive ketones (excluding diaryl/α,β-unsaturated/α-hetero) is 2. The van der Waals surface area contributed by atoms with E-state index in [-0.39, 0.29) is 161 Å². The van der Waals surface area contributed by atoms with Gasteiger partial charge in [0.05, 0.1) is 124 Å². The number of hydrogen-bond donors (Lipinski definition) is 5. The van der Waals surface area contributed by atoms with Crippen LogP contribution in [-0.2, 0) is 105 Å². The third-order valence-electron chi connectivity index (χ3n) is 23.3. The minimum Gasteiger partial charge on any atom is -0.480 e. The molecule has 1 fully saturated rings. The van der Waals surface area contributed by atoms with E-state index in [1.54, 1.807) is 19.6 Å². The molecule has 46 nitrogen and oxygen atoms in total. The maximum Gasteiger partial charge on any atom is 0.317 e. The van der Waals surface area contributed by atoms with Crippen molar-refractivity contribution in [3.05, 3.63) is 0 Å². The van der Waals surface area contributed by atoms with Crippen molar-refractivity contribution in [2.24, 2.45) is 11.8 Å². The Kier molecular flexibility index (Phi) is 60.4. The highest BCUT2D eigenvalue weighted by atomic mass is 16.4. The van der Waals surface area contributed by atoms with Gasteiger partial charge in [-0.1, -0.05) is 104 Å². The van der Waals surface area contributed by atoms with Gasteiger partial charge in [0.1, 0.15) is 0 Å². The van der Waals surface area contributed by atoms with Gasteiger partial charge in [-0.2, -0.15) is 0 Å². The first kappa shape index (κ1) is 124. The Morgan fingerprint density at radius 2 is 0.474 bits per heavy atom. The van der Waals surface area contributed by atoms with Crippen LogP contribution in [0.5, 0.6) is 0 Å². The Bertz CT molecular complexity index is 3960. The van der Waals surface area contributed by atoms with E-state index in [4.69, 9.17) is 0 Å². The monoisotopic (exact) mass is 1950 g/mol. The molecule has 5 N–H and O–H groups in total. The Morgan fingerprint density at radius 3 is 0.737 bits per heavy atom. The number of rotatable bonds is 65. The van der Waals surface area contributed by atoms with Crippen molar-refractivity contribution >= 4 is 130 Å². The predicted molar refractivity (Wildman–Crippen MR) is 506 cm³/mol. The summed E-state index contributed by atoms with van der Waals surface area (Å²) >= 11 is 0. The molecule has 1 saturated heterocycles. The van der Waals surface area contributed by atoms with Crippen LogP contribution in [0.25, 0.3) is 0 Å². The molecule has 1 aliphatic heterocycles. The highest BCUT2D eigenvalue weighted by molar-refractivity contribution is 5.97. The van der Waals surface area contributed by atoms with Gasteiger partial charge in [0, 0.05) is 203 Å². The van der Waals surface area contributed by atoms with E-state index in [0.29, 0.717) is 6.42 Å². The molecule has 0 radical (unpaired) electrons. The van der Waals surface area contributed by atoms with Crippen LogP contribution in [-0.4, -0.2) is 534 Å². The molecule has 0 aromatic heterocycles. The third-order valence-corrected chi connectivity index (χ3v) is 23.3. The molecular formula is C91H159N21O25. The molecular weight excluding hydrogens is 1790 g/mol. The van der Waals surface area contributed by atoms with Crippen LogP contribution in [0.4, 0.5) is 0 Å². The summed E-state index contributed by atoms with van der Waals surface area (Å²) in [6, 6.07) is 0. The minimum absolute atomic E-state index is 0.00739. The lowest BCUT2D eigenvalue weighted by molar-refractivity contribution is -0.146. The fourth-order valence-corrected chi connectivity index (χ4v) is 14.2. The van der Waals surface area contributed by atoms with Crippen LogP contribution in [0, 0.1) is 11.8 Å². The van der Waals surface area contributed by atoms with E-state index in [2.05, 4.69) is 17.6 Å². The summed E-state index contributed by atoms with van der Waals surface area (Å²) in [4.78, 5) is 311. The standard InChI is InChI=1S/C91H159N21O25/c1-19-20-21-22-23-24-25-26-27-28-29-30-31-35-72(115)93-38-36-74(117)96(6)52-77(120)99(9)55-80(123)100(10)57-79(122)98(8)54-76(119)95(5)50-71(114)48-69(34-32-33-37-92-73(116)51-109-39-41-110(65-88(131)132)43-45-112(67-90(135)136)46-44-111(42-40-109)66-89(133)134)91(137)108(18)64-87(130)107(17)63-86(129)106(16)62-85(128)105(15)61-84(127)104(14)60-83(126)103(13)59-82(125)102(12)58-81(124)101(11)56-78(121)97(7)53-75(118)94(4)49-70(113)47-68(2)3/h68-69H,19-67H2,1-18H3,(H,92,116)(H,93,115)(H,131,132)(H,133,134)(H,135,136)/t69-/m1/s1. The average Bonchev–Trinajstić information content (AvgIpc) is 0.824. The summed E-state index contributed by atoms with van der Waals surface area (Å²) in [6.07, 6.45) is 15.9. The fourth-order valence-electron chi connectivity index (χ4n) is 14.2. The van der Waals surface area contributed by atoms with Gasteiger partial charge in [0.25, 0.3) is 0 Å². The second-order valence-electron chi connectivity index (χ2n) is 36.5. The lowest BCUT2D eigenvalue weighted by Gasteiger charge is -2.32. The van der Waals surface area contributed by atoms with Gasteiger partial charge in [-0.3, -0.25) is 125 Å². The molecule has 1 heterocycles. The van der Waals surface area contributed by atoms with Crippen molar-refractivity contribution in [1.82, 2.24) is 104 Å².